The van der Waals surface area contributed by atoms with E-state index in [1.165, 1.54) is 12.2 Å². The zero-order chi connectivity index (χ0) is 15.6. The summed E-state index contributed by atoms with van der Waals surface area (Å²) >= 11 is 2.06. The van der Waals surface area contributed by atoms with Crippen LogP contribution >= 0.6 is 11.8 Å². The molecule has 5 heteroatoms. The smallest absolute Gasteiger partial charge is 0.410 e. The number of rotatable bonds is 2. The Labute approximate surface area is 133 Å². The van der Waals surface area contributed by atoms with Crippen LogP contribution in [0.15, 0.2) is 0 Å². The normalized spacial score (nSPS) is 34.0. The van der Waals surface area contributed by atoms with Crippen molar-refractivity contribution in [2.75, 3.05) is 12.3 Å². The van der Waals surface area contributed by atoms with Gasteiger partial charge in [-0.25, -0.2) is 4.79 Å². The maximum absolute atomic E-state index is 12.2. The summed E-state index contributed by atoms with van der Waals surface area (Å²) in [6.07, 6.45) is 3.15. The van der Waals surface area contributed by atoms with E-state index in [2.05, 4.69) is 30.9 Å². The summed E-state index contributed by atoms with van der Waals surface area (Å²) in [6.45, 7) is 11.0. The number of carbonyl (C=O) groups excluding carboxylic acids is 1. The zero-order valence-electron chi connectivity index (χ0n) is 14.0. The van der Waals surface area contributed by atoms with Crippen LogP contribution in [0.5, 0.6) is 0 Å². The van der Waals surface area contributed by atoms with Crippen LogP contribution < -0.4 is 5.32 Å². The highest BCUT2D eigenvalue weighted by molar-refractivity contribution is 8.00. The molecule has 2 saturated heterocycles. The highest BCUT2D eigenvalue weighted by Gasteiger charge is 2.34. The summed E-state index contributed by atoms with van der Waals surface area (Å²) in [5.41, 5.74) is -0.414. The number of hydrogen-bond donors (Lipinski definition) is 1. The minimum Gasteiger partial charge on any atom is -0.444 e. The van der Waals surface area contributed by atoms with Crippen LogP contribution in [0.3, 0.4) is 0 Å². The standard InChI is InChI=1S/C16H30N2O2S/c1-11-10-13(17-14-7-9-21-12(14)2)6-8-18(11)15(19)20-16(3,4)5/h11-14,17H,6-10H2,1-5H3. The summed E-state index contributed by atoms with van der Waals surface area (Å²) in [4.78, 5) is 14.1. The summed E-state index contributed by atoms with van der Waals surface area (Å²) < 4.78 is 5.50. The Balaban J connectivity index is 1.83. The SMILES string of the molecule is CC1SCCC1NC1CCN(C(=O)OC(C)(C)C)C(C)C1. The van der Waals surface area contributed by atoms with E-state index in [4.69, 9.17) is 4.74 Å². The number of hydrogen-bond acceptors (Lipinski definition) is 4. The van der Waals surface area contributed by atoms with Crippen molar-refractivity contribution in [3.8, 4) is 0 Å². The molecule has 2 aliphatic heterocycles. The summed E-state index contributed by atoms with van der Waals surface area (Å²) in [5, 5.41) is 4.52. The first-order valence-corrected chi connectivity index (χ1v) is 9.18. The van der Waals surface area contributed by atoms with Crippen molar-refractivity contribution in [1.82, 2.24) is 10.2 Å². The van der Waals surface area contributed by atoms with Crippen LogP contribution in [0.2, 0.25) is 0 Å². The third kappa shape index (κ3) is 4.78. The van der Waals surface area contributed by atoms with Gasteiger partial charge >= 0.3 is 6.09 Å². The van der Waals surface area contributed by atoms with Gasteiger partial charge in [-0.3, -0.25) is 0 Å². The molecule has 21 heavy (non-hydrogen) atoms. The second kappa shape index (κ2) is 6.78. The van der Waals surface area contributed by atoms with Gasteiger partial charge in [0.05, 0.1) is 0 Å². The Morgan fingerprint density at radius 1 is 1.29 bits per heavy atom. The van der Waals surface area contributed by atoms with Crippen molar-refractivity contribution < 1.29 is 9.53 Å². The van der Waals surface area contributed by atoms with Crippen molar-refractivity contribution in [2.24, 2.45) is 0 Å². The van der Waals surface area contributed by atoms with Gasteiger partial charge in [0.1, 0.15) is 5.60 Å². The molecule has 0 spiro atoms. The molecule has 122 valence electrons. The van der Waals surface area contributed by atoms with Crippen LogP contribution in [0.4, 0.5) is 4.79 Å². The van der Waals surface area contributed by atoms with E-state index < -0.39 is 5.60 Å². The molecule has 0 saturated carbocycles. The minimum absolute atomic E-state index is 0.168. The molecule has 0 radical (unpaired) electrons. The van der Waals surface area contributed by atoms with Crippen molar-refractivity contribution in [3.63, 3.8) is 0 Å². The lowest BCUT2D eigenvalue weighted by Gasteiger charge is -2.39. The van der Waals surface area contributed by atoms with Gasteiger partial charge in [-0.1, -0.05) is 6.92 Å². The van der Waals surface area contributed by atoms with E-state index in [-0.39, 0.29) is 12.1 Å². The predicted molar refractivity (Wildman–Crippen MR) is 88.9 cm³/mol. The van der Waals surface area contributed by atoms with Gasteiger partial charge in [0, 0.05) is 29.9 Å². The fourth-order valence-electron chi connectivity index (χ4n) is 3.17. The van der Waals surface area contributed by atoms with Crippen molar-refractivity contribution >= 4 is 17.9 Å². The molecule has 2 heterocycles. The first-order chi connectivity index (χ1) is 9.76. The second-order valence-electron chi connectivity index (χ2n) is 7.38. The number of nitrogens with one attached hydrogen (secondary N) is 1. The van der Waals surface area contributed by atoms with E-state index in [1.54, 1.807) is 0 Å². The fraction of sp³-hybridized carbons (Fsp3) is 0.938. The molecular formula is C16H30N2O2S. The Bertz CT molecular complexity index is 370. The maximum Gasteiger partial charge on any atom is 0.410 e. The molecule has 0 aromatic heterocycles. The number of carbonyl (C=O) groups is 1. The van der Waals surface area contributed by atoms with Crippen LogP contribution in [0.1, 0.15) is 53.9 Å². The number of nitrogens with zero attached hydrogens (tertiary/aromatic N) is 1. The van der Waals surface area contributed by atoms with E-state index in [1.807, 2.05) is 25.7 Å². The molecular weight excluding hydrogens is 284 g/mol. The molecule has 0 aromatic rings. The molecule has 4 atom stereocenters. The van der Waals surface area contributed by atoms with E-state index >= 15 is 0 Å². The lowest BCUT2D eigenvalue weighted by molar-refractivity contribution is 0.00901. The monoisotopic (exact) mass is 314 g/mol. The molecule has 2 rings (SSSR count). The van der Waals surface area contributed by atoms with E-state index in [0.717, 1.165) is 19.4 Å². The Hall–Kier alpha value is -0.420. The predicted octanol–water partition coefficient (Wildman–Crippen LogP) is 3.26. The Morgan fingerprint density at radius 3 is 2.52 bits per heavy atom. The van der Waals surface area contributed by atoms with Crippen molar-refractivity contribution in [1.29, 1.82) is 0 Å². The first-order valence-electron chi connectivity index (χ1n) is 8.13. The third-order valence-electron chi connectivity index (χ3n) is 4.33. The van der Waals surface area contributed by atoms with Crippen molar-refractivity contribution in [3.05, 3.63) is 0 Å². The quantitative estimate of drug-likeness (QED) is 0.849. The summed E-state index contributed by atoms with van der Waals surface area (Å²) in [5.74, 6) is 1.27. The molecule has 4 unspecified atom stereocenters. The molecule has 0 bridgehead atoms. The van der Waals surface area contributed by atoms with Gasteiger partial charge < -0.3 is 15.0 Å². The van der Waals surface area contributed by atoms with Crippen molar-refractivity contribution in [2.45, 2.75) is 82.9 Å². The number of ether oxygens (including phenoxy) is 1. The number of likely N-dealkylation sites (tertiary alicyclic amines) is 1. The Morgan fingerprint density at radius 2 is 2.00 bits per heavy atom. The van der Waals surface area contributed by atoms with Crippen LogP contribution in [-0.2, 0) is 4.74 Å². The highest BCUT2D eigenvalue weighted by Crippen LogP contribution is 2.28. The van der Waals surface area contributed by atoms with Crippen LogP contribution in [-0.4, -0.2) is 52.3 Å². The third-order valence-corrected chi connectivity index (χ3v) is 5.66. The number of piperidine rings is 1. The molecule has 1 N–H and O–H groups in total. The average Bonchev–Trinajstić information content (AvgIpc) is 2.72. The van der Waals surface area contributed by atoms with E-state index in [0.29, 0.717) is 17.3 Å². The number of amides is 1. The zero-order valence-corrected chi connectivity index (χ0v) is 14.8. The molecule has 0 aromatic carbocycles. The molecule has 2 aliphatic rings. The van der Waals surface area contributed by atoms with Crippen LogP contribution in [0, 0.1) is 0 Å². The highest BCUT2D eigenvalue weighted by atomic mass is 32.2. The van der Waals surface area contributed by atoms with Gasteiger partial charge in [-0.2, -0.15) is 11.8 Å². The summed E-state index contributed by atoms with van der Waals surface area (Å²) in [7, 11) is 0. The Kier molecular flexibility index (Phi) is 5.47. The summed E-state index contributed by atoms with van der Waals surface area (Å²) in [6, 6.07) is 1.42. The van der Waals surface area contributed by atoms with Crippen LogP contribution in [0.25, 0.3) is 0 Å². The molecule has 2 fully saturated rings. The maximum atomic E-state index is 12.2. The molecule has 0 aliphatic carbocycles. The lowest BCUT2D eigenvalue weighted by Crippen LogP contribution is -2.53. The topological polar surface area (TPSA) is 41.6 Å². The van der Waals surface area contributed by atoms with Gasteiger partial charge in [-0.15, -0.1) is 0 Å². The fourth-order valence-corrected chi connectivity index (χ4v) is 4.38. The second-order valence-corrected chi connectivity index (χ2v) is 8.87. The average molecular weight is 314 g/mol. The molecule has 4 nitrogen and oxygen atoms in total. The first kappa shape index (κ1) is 16.9. The lowest BCUT2D eigenvalue weighted by atomic mass is 9.97. The van der Waals surface area contributed by atoms with Gasteiger partial charge in [0.15, 0.2) is 0 Å². The molecule has 1 amide bonds. The number of thioether (sulfide) groups is 1. The van der Waals surface area contributed by atoms with Gasteiger partial charge in [-0.05, 0) is 52.7 Å². The van der Waals surface area contributed by atoms with Gasteiger partial charge in [0.25, 0.3) is 0 Å². The van der Waals surface area contributed by atoms with E-state index in [9.17, 15) is 4.79 Å². The largest absolute Gasteiger partial charge is 0.444 e. The van der Waals surface area contributed by atoms with Gasteiger partial charge in [0.2, 0.25) is 0 Å². The minimum atomic E-state index is -0.414.